The SMILES string of the molecule is CC(C)(C)OC(=O)NC1CC1c1ccc(C(=O)O)cc1. The summed E-state index contributed by atoms with van der Waals surface area (Å²) in [5.74, 6) is -0.693. The quantitative estimate of drug-likeness (QED) is 0.890. The van der Waals surface area contributed by atoms with Gasteiger partial charge in [-0.25, -0.2) is 9.59 Å². The van der Waals surface area contributed by atoms with Crippen molar-refractivity contribution in [2.75, 3.05) is 0 Å². The first-order chi connectivity index (χ1) is 9.26. The first kappa shape index (κ1) is 14.4. The van der Waals surface area contributed by atoms with Crippen molar-refractivity contribution in [3.63, 3.8) is 0 Å². The van der Waals surface area contributed by atoms with Gasteiger partial charge in [-0.3, -0.25) is 0 Å². The number of benzene rings is 1. The number of hydrogen-bond acceptors (Lipinski definition) is 3. The van der Waals surface area contributed by atoms with Crippen molar-refractivity contribution >= 4 is 12.1 Å². The molecule has 1 saturated carbocycles. The van der Waals surface area contributed by atoms with Crippen LogP contribution >= 0.6 is 0 Å². The van der Waals surface area contributed by atoms with E-state index in [1.807, 2.05) is 20.8 Å². The molecule has 1 aromatic carbocycles. The second-order valence-electron chi connectivity index (χ2n) is 6.02. The summed E-state index contributed by atoms with van der Waals surface area (Å²) >= 11 is 0. The number of carboxylic acid groups (broad SMARTS) is 1. The van der Waals surface area contributed by atoms with Gasteiger partial charge in [-0.2, -0.15) is 0 Å². The summed E-state index contributed by atoms with van der Waals surface area (Å²) in [4.78, 5) is 22.4. The number of carboxylic acids is 1. The average Bonchev–Trinajstić information content (AvgIpc) is 3.05. The van der Waals surface area contributed by atoms with Crippen LogP contribution in [0.5, 0.6) is 0 Å². The lowest BCUT2D eigenvalue weighted by Gasteiger charge is -2.19. The number of ether oxygens (including phenoxy) is 1. The molecule has 5 nitrogen and oxygen atoms in total. The lowest BCUT2D eigenvalue weighted by atomic mass is 10.1. The van der Waals surface area contributed by atoms with Gasteiger partial charge in [0.2, 0.25) is 0 Å². The number of hydrogen-bond donors (Lipinski definition) is 2. The Bertz CT molecular complexity index is 516. The highest BCUT2D eigenvalue weighted by Crippen LogP contribution is 2.40. The van der Waals surface area contributed by atoms with Crippen LogP contribution in [0, 0.1) is 0 Å². The van der Waals surface area contributed by atoms with Gasteiger partial charge in [0.1, 0.15) is 5.60 Å². The summed E-state index contributed by atoms with van der Waals surface area (Å²) < 4.78 is 5.20. The van der Waals surface area contributed by atoms with Crippen LogP contribution in [0.25, 0.3) is 0 Å². The number of rotatable bonds is 3. The van der Waals surface area contributed by atoms with E-state index in [1.54, 1.807) is 24.3 Å². The summed E-state index contributed by atoms with van der Waals surface area (Å²) in [5.41, 5.74) is 0.805. The Balaban J connectivity index is 1.88. The van der Waals surface area contributed by atoms with E-state index in [-0.39, 0.29) is 17.5 Å². The summed E-state index contributed by atoms with van der Waals surface area (Å²) in [7, 11) is 0. The van der Waals surface area contributed by atoms with Crippen LogP contribution in [-0.2, 0) is 4.74 Å². The number of aromatic carboxylic acids is 1. The van der Waals surface area contributed by atoms with E-state index < -0.39 is 17.7 Å². The highest BCUT2D eigenvalue weighted by atomic mass is 16.6. The molecular weight excluding hydrogens is 258 g/mol. The van der Waals surface area contributed by atoms with Crippen LogP contribution in [-0.4, -0.2) is 28.8 Å². The maximum Gasteiger partial charge on any atom is 0.407 e. The van der Waals surface area contributed by atoms with Gasteiger partial charge < -0.3 is 15.2 Å². The third-order valence-corrected chi connectivity index (χ3v) is 3.08. The van der Waals surface area contributed by atoms with Crippen molar-refractivity contribution in [1.29, 1.82) is 0 Å². The predicted octanol–water partition coefficient (Wildman–Crippen LogP) is 2.77. The van der Waals surface area contributed by atoms with Crippen LogP contribution < -0.4 is 5.32 Å². The Morgan fingerprint density at radius 2 is 1.85 bits per heavy atom. The lowest BCUT2D eigenvalue weighted by molar-refractivity contribution is 0.0522. The van der Waals surface area contributed by atoms with Gasteiger partial charge in [-0.15, -0.1) is 0 Å². The Labute approximate surface area is 117 Å². The Morgan fingerprint density at radius 3 is 2.35 bits per heavy atom. The van der Waals surface area contributed by atoms with E-state index in [9.17, 15) is 9.59 Å². The standard InChI is InChI=1S/C15H19NO4/c1-15(2,3)20-14(19)16-12-8-11(12)9-4-6-10(7-5-9)13(17)18/h4-7,11-12H,8H2,1-3H3,(H,16,19)(H,17,18). The van der Waals surface area contributed by atoms with Gasteiger partial charge in [0.15, 0.2) is 0 Å². The zero-order valence-corrected chi connectivity index (χ0v) is 11.8. The molecule has 5 heteroatoms. The highest BCUT2D eigenvalue weighted by molar-refractivity contribution is 5.87. The monoisotopic (exact) mass is 277 g/mol. The molecule has 0 spiro atoms. The number of alkyl carbamates (subject to hydrolysis) is 1. The molecular formula is C15H19NO4. The Hall–Kier alpha value is -2.04. The number of carbonyl (C=O) groups excluding carboxylic acids is 1. The minimum absolute atomic E-state index is 0.0699. The second kappa shape index (κ2) is 5.15. The van der Waals surface area contributed by atoms with Gasteiger partial charge in [0, 0.05) is 12.0 Å². The Kier molecular flexibility index (Phi) is 3.70. The molecule has 1 fully saturated rings. The van der Waals surface area contributed by atoms with Crippen LogP contribution in [0.4, 0.5) is 4.79 Å². The molecule has 0 bridgehead atoms. The molecule has 2 rings (SSSR count). The number of amides is 1. The average molecular weight is 277 g/mol. The summed E-state index contributed by atoms with van der Waals surface area (Å²) in [6, 6.07) is 6.83. The molecule has 1 amide bonds. The zero-order chi connectivity index (χ0) is 14.9. The van der Waals surface area contributed by atoms with Gasteiger partial charge in [0.25, 0.3) is 0 Å². The third kappa shape index (κ3) is 3.73. The molecule has 0 aliphatic heterocycles. The molecule has 1 aromatic rings. The summed E-state index contributed by atoms with van der Waals surface area (Å²) in [6.45, 7) is 5.46. The highest BCUT2D eigenvalue weighted by Gasteiger charge is 2.40. The van der Waals surface area contributed by atoms with E-state index >= 15 is 0 Å². The summed E-state index contributed by atoms with van der Waals surface area (Å²) in [6.07, 6.45) is 0.443. The van der Waals surface area contributed by atoms with Crippen molar-refractivity contribution in [1.82, 2.24) is 5.32 Å². The van der Waals surface area contributed by atoms with Crippen molar-refractivity contribution in [3.05, 3.63) is 35.4 Å². The molecule has 2 atom stereocenters. The van der Waals surface area contributed by atoms with E-state index in [0.29, 0.717) is 0 Å². The molecule has 108 valence electrons. The maximum absolute atomic E-state index is 11.6. The largest absolute Gasteiger partial charge is 0.478 e. The number of nitrogens with one attached hydrogen (secondary N) is 1. The van der Waals surface area contributed by atoms with Crippen LogP contribution in [0.15, 0.2) is 24.3 Å². The minimum atomic E-state index is -0.934. The molecule has 2 N–H and O–H groups in total. The lowest BCUT2D eigenvalue weighted by Crippen LogP contribution is -2.34. The van der Waals surface area contributed by atoms with Crippen LogP contribution in [0.1, 0.15) is 49.0 Å². The minimum Gasteiger partial charge on any atom is -0.478 e. The second-order valence-corrected chi connectivity index (χ2v) is 6.02. The van der Waals surface area contributed by atoms with E-state index in [2.05, 4.69) is 5.32 Å². The molecule has 0 radical (unpaired) electrons. The zero-order valence-electron chi connectivity index (χ0n) is 11.8. The fourth-order valence-electron chi connectivity index (χ4n) is 2.05. The van der Waals surface area contributed by atoms with Crippen molar-refractivity contribution in [3.8, 4) is 0 Å². The molecule has 0 heterocycles. The van der Waals surface area contributed by atoms with E-state index in [1.165, 1.54) is 0 Å². The summed E-state index contributed by atoms with van der Waals surface area (Å²) in [5, 5.41) is 11.7. The molecule has 1 aliphatic carbocycles. The fourth-order valence-corrected chi connectivity index (χ4v) is 2.05. The van der Waals surface area contributed by atoms with Crippen LogP contribution in [0.3, 0.4) is 0 Å². The first-order valence-electron chi connectivity index (χ1n) is 6.59. The predicted molar refractivity (Wildman–Crippen MR) is 73.9 cm³/mol. The maximum atomic E-state index is 11.6. The molecule has 2 unspecified atom stereocenters. The van der Waals surface area contributed by atoms with E-state index in [0.717, 1.165) is 12.0 Å². The van der Waals surface area contributed by atoms with Crippen LogP contribution in [0.2, 0.25) is 0 Å². The van der Waals surface area contributed by atoms with Gasteiger partial charge >= 0.3 is 12.1 Å². The van der Waals surface area contributed by atoms with Gasteiger partial charge in [0.05, 0.1) is 5.56 Å². The fraction of sp³-hybridized carbons (Fsp3) is 0.467. The van der Waals surface area contributed by atoms with Gasteiger partial charge in [-0.1, -0.05) is 12.1 Å². The van der Waals surface area contributed by atoms with Crippen molar-refractivity contribution < 1.29 is 19.4 Å². The molecule has 0 saturated heterocycles. The Morgan fingerprint density at radius 1 is 1.25 bits per heavy atom. The molecule has 1 aliphatic rings. The van der Waals surface area contributed by atoms with Crippen molar-refractivity contribution in [2.45, 2.75) is 44.8 Å². The van der Waals surface area contributed by atoms with Gasteiger partial charge in [-0.05, 0) is 44.9 Å². The third-order valence-electron chi connectivity index (χ3n) is 3.08. The first-order valence-corrected chi connectivity index (χ1v) is 6.59. The van der Waals surface area contributed by atoms with E-state index in [4.69, 9.17) is 9.84 Å². The number of carbonyl (C=O) groups is 2. The topological polar surface area (TPSA) is 75.6 Å². The smallest absolute Gasteiger partial charge is 0.407 e. The normalized spacial score (nSPS) is 21.1. The molecule has 20 heavy (non-hydrogen) atoms. The van der Waals surface area contributed by atoms with Crippen molar-refractivity contribution in [2.24, 2.45) is 0 Å². The molecule has 0 aromatic heterocycles.